The Bertz CT molecular complexity index is 1050. The van der Waals surface area contributed by atoms with Crippen LogP contribution in [0.3, 0.4) is 0 Å². The summed E-state index contributed by atoms with van der Waals surface area (Å²) in [7, 11) is -3.93. The van der Waals surface area contributed by atoms with Gasteiger partial charge in [0, 0.05) is 29.1 Å². The maximum absolute atomic E-state index is 14.9. The first kappa shape index (κ1) is 17.0. The Morgan fingerprint density at radius 3 is 2.20 bits per heavy atom. The van der Waals surface area contributed by atoms with Crippen molar-refractivity contribution in [2.45, 2.75) is 11.8 Å². The van der Waals surface area contributed by atoms with Crippen molar-refractivity contribution in [1.29, 1.82) is 0 Å². The van der Waals surface area contributed by atoms with Crippen molar-refractivity contribution < 1.29 is 12.8 Å². The van der Waals surface area contributed by atoms with Gasteiger partial charge in [-0.05, 0) is 24.1 Å². The van der Waals surface area contributed by atoms with Gasteiger partial charge in [0.2, 0.25) is 16.0 Å². The highest BCUT2D eigenvalue weighted by molar-refractivity contribution is 7.89. The standard InChI is InChI=1S/C17H15FN4O2S/c1-10-12(14-4-2-3-5-15(14)25(20,23)24)6-7-13(16(10)18)11-8-21-17(19)22-9-11/h2-9H,1H3,(H2,19,21,22)(H2,20,23,24). The SMILES string of the molecule is Cc1c(-c2ccccc2S(N)(=O)=O)ccc(-c2cnc(N)nc2)c1F. The highest BCUT2D eigenvalue weighted by Crippen LogP contribution is 2.34. The van der Waals surface area contributed by atoms with Crippen molar-refractivity contribution in [3.8, 4) is 22.3 Å². The van der Waals surface area contributed by atoms with Crippen LogP contribution in [0.2, 0.25) is 0 Å². The average Bonchev–Trinajstić information content (AvgIpc) is 2.57. The minimum absolute atomic E-state index is 0.0546. The maximum atomic E-state index is 14.9. The number of halogens is 1. The lowest BCUT2D eigenvalue weighted by Gasteiger charge is -2.13. The second kappa shape index (κ2) is 6.23. The van der Waals surface area contributed by atoms with Gasteiger partial charge in [-0.3, -0.25) is 0 Å². The van der Waals surface area contributed by atoms with Gasteiger partial charge in [-0.25, -0.2) is 27.9 Å². The average molecular weight is 358 g/mol. The second-order valence-electron chi connectivity index (χ2n) is 5.47. The number of nitrogens with zero attached hydrogens (tertiary/aromatic N) is 2. The van der Waals surface area contributed by atoms with E-state index in [-0.39, 0.29) is 10.8 Å². The Morgan fingerprint density at radius 2 is 1.56 bits per heavy atom. The van der Waals surface area contributed by atoms with Crippen LogP contribution in [-0.2, 0) is 10.0 Å². The lowest BCUT2D eigenvalue weighted by molar-refractivity contribution is 0.598. The first-order valence-electron chi connectivity index (χ1n) is 7.28. The molecule has 1 heterocycles. The highest BCUT2D eigenvalue weighted by Gasteiger charge is 2.19. The number of aromatic nitrogens is 2. The van der Waals surface area contributed by atoms with Crippen LogP contribution < -0.4 is 10.9 Å². The molecule has 6 nitrogen and oxygen atoms in total. The monoisotopic (exact) mass is 358 g/mol. The zero-order valence-electron chi connectivity index (χ0n) is 13.3. The molecule has 2 aromatic carbocycles. The largest absolute Gasteiger partial charge is 0.368 e. The molecule has 0 bridgehead atoms. The number of nitrogens with two attached hydrogens (primary N) is 2. The van der Waals surface area contributed by atoms with E-state index in [0.717, 1.165) is 0 Å². The number of nitrogen functional groups attached to an aromatic ring is 1. The van der Waals surface area contributed by atoms with Gasteiger partial charge in [0.15, 0.2) is 0 Å². The highest BCUT2D eigenvalue weighted by atomic mass is 32.2. The van der Waals surface area contributed by atoms with E-state index in [4.69, 9.17) is 10.9 Å². The summed E-state index contributed by atoms with van der Waals surface area (Å²) < 4.78 is 38.5. The Morgan fingerprint density at radius 1 is 0.960 bits per heavy atom. The van der Waals surface area contributed by atoms with E-state index in [2.05, 4.69) is 9.97 Å². The molecular weight excluding hydrogens is 343 g/mol. The van der Waals surface area contributed by atoms with Gasteiger partial charge in [-0.2, -0.15) is 0 Å². The molecule has 4 N–H and O–H groups in total. The van der Waals surface area contributed by atoms with Crippen LogP contribution in [0.25, 0.3) is 22.3 Å². The molecule has 0 saturated carbocycles. The van der Waals surface area contributed by atoms with Crippen molar-refractivity contribution in [3.05, 3.63) is 60.2 Å². The second-order valence-corrected chi connectivity index (χ2v) is 7.00. The van der Waals surface area contributed by atoms with Gasteiger partial charge in [0.25, 0.3) is 0 Å². The van der Waals surface area contributed by atoms with E-state index in [1.165, 1.54) is 18.5 Å². The molecule has 3 rings (SSSR count). The molecule has 128 valence electrons. The number of hydrogen-bond donors (Lipinski definition) is 2. The minimum atomic E-state index is -3.93. The van der Waals surface area contributed by atoms with E-state index in [9.17, 15) is 12.8 Å². The van der Waals surface area contributed by atoms with Crippen LogP contribution in [0.15, 0.2) is 53.7 Å². The number of benzene rings is 2. The number of primary sulfonamides is 1. The molecule has 25 heavy (non-hydrogen) atoms. The molecular formula is C17H15FN4O2S. The Labute approximate surface area is 144 Å². The Hall–Kier alpha value is -2.84. The Balaban J connectivity index is 2.19. The van der Waals surface area contributed by atoms with Gasteiger partial charge < -0.3 is 5.73 Å². The third-order valence-electron chi connectivity index (χ3n) is 3.85. The smallest absolute Gasteiger partial charge is 0.238 e. The van der Waals surface area contributed by atoms with Crippen molar-refractivity contribution in [1.82, 2.24) is 9.97 Å². The summed E-state index contributed by atoms with van der Waals surface area (Å²) in [6, 6.07) is 9.41. The zero-order chi connectivity index (χ0) is 18.2. The predicted molar refractivity (Wildman–Crippen MR) is 93.4 cm³/mol. The molecule has 0 unspecified atom stereocenters. The van der Waals surface area contributed by atoms with Gasteiger partial charge in [-0.15, -0.1) is 0 Å². The normalized spacial score (nSPS) is 11.5. The molecule has 0 saturated heterocycles. The van der Waals surface area contributed by atoms with Crippen LogP contribution in [-0.4, -0.2) is 18.4 Å². The molecule has 8 heteroatoms. The van der Waals surface area contributed by atoms with Gasteiger partial charge in [0.05, 0.1) is 4.90 Å². The van der Waals surface area contributed by atoms with Crippen molar-refractivity contribution >= 4 is 16.0 Å². The number of rotatable bonds is 3. The Kier molecular flexibility index (Phi) is 4.23. The number of anilines is 1. The maximum Gasteiger partial charge on any atom is 0.238 e. The fourth-order valence-electron chi connectivity index (χ4n) is 2.61. The third-order valence-corrected chi connectivity index (χ3v) is 4.82. The number of sulfonamides is 1. The van der Waals surface area contributed by atoms with Crippen LogP contribution >= 0.6 is 0 Å². The molecule has 0 aliphatic rings. The molecule has 0 amide bonds. The minimum Gasteiger partial charge on any atom is -0.368 e. The quantitative estimate of drug-likeness (QED) is 0.747. The summed E-state index contributed by atoms with van der Waals surface area (Å²) >= 11 is 0. The number of hydrogen-bond acceptors (Lipinski definition) is 5. The molecule has 3 aromatic rings. The fourth-order valence-corrected chi connectivity index (χ4v) is 3.37. The first-order valence-corrected chi connectivity index (χ1v) is 8.83. The van der Waals surface area contributed by atoms with E-state index in [1.54, 1.807) is 37.3 Å². The van der Waals surface area contributed by atoms with E-state index in [0.29, 0.717) is 27.8 Å². The predicted octanol–water partition coefficient (Wildman–Crippen LogP) is 2.49. The molecule has 1 aromatic heterocycles. The lowest BCUT2D eigenvalue weighted by Crippen LogP contribution is -2.13. The van der Waals surface area contributed by atoms with Crippen LogP contribution in [0.4, 0.5) is 10.3 Å². The van der Waals surface area contributed by atoms with Crippen LogP contribution in [0.5, 0.6) is 0 Å². The van der Waals surface area contributed by atoms with Crippen LogP contribution in [0.1, 0.15) is 5.56 Å². The summed E-state index contributed by atoms with van der Waals surface area (Å²) in [5, 5.41) is 5.27. The summed E-state index contributed by atoms with van der Waals surface area (Å²) in [5.41, 5.74) is 7.31. The molecule has 0 fully saturated rings. The lowest BCUT2D eigenvalue weighted by atomic mass is 9.96. The summed E-state index contributed by atoms with van der Waals surface area (Å²) in [5.74, 6) is -0.394. The van der Waals surface area contributed by atoms with E-state index < -0.39 is 15.8 Å². The molecule has 0 spiro atoms. The van der Waals surface area contributed by atoms with Crippen molar-refractivity contribution in [2.24, 2.45) is 5.14 Å². The topological polar surface area (TPSA) is 112 Å². The van der Waals surface area contributed by atoms with Gasteiger partial charge >= 0.3 is 0 Å². The molecule has 0 atom stereocenters. The van der Waals surface area contributed by atoms with E-state index in [1.807, 2.05) is 0 Å². The van der Waals surface area contributed by atoms with Crippen molar-refractivity contribution in [2.75, 3.05) is 5.73 Å². The molecule has 0 aliphatic heterocycles. The first-order chi connectivity index (χ1) is 11.8. The summed E-state index contributed by atoms with van der Waals surface area (Å²) in [6.45, 7) is 1.58. The van der Waals surface area contributed by atoms with Gasteiger partial charge in [-0.1, -0.05) is 30.3 Å². The fraction of sp³-hybridized carbons (Fsp3) is 0.0588. The van der Waals surface area contributed by atoms with Crippen molar-refractivity contribution in [3.63, 3.8) is 0 Å². The molecule has 0 radical (unpaired) electrons. The zero-order valence-corrected chi connectivity index (χ0v) is 14.1. The third kappa shape index (κ3) is 3.21. The van der Waals surface area contributed by atoms with Crippen LogP contribution in [0, 0.1) is 12.7 Å². The summed E-state index contributed by atoms with van der Waals surface area (Å²) in [6.07, 6.45) is 2.86. The van der Waals surface area contributed by atoms with Gasteiger partial charge in [0.1, 0.15) is 5.82 Å². The molecule has 0 aliphatic carbocycles. The summed E-state index contributed by atoms with van der Waals surface area (Å²) in [4.78, 5) is 7.66. The van der Waals surface area contributed by atoms with E-state index >= 15 is 0 Å².